The molecular formula is C13H21N3OS. The Bertz CT molecular complexity index is 403. The van der Waals surface area contributed by atoms with Crippen LogP contribution < -0.4 is 0 Å². The Morgan fingerprint density at radius 1 is 1.33 bits per heavy atom. The highest BCUT2D eigenvalue weighted by Gasteiger charge is 2.13. The molecule has 1 aromatic rings. The van der Waals surface area contributed by atoms with Crippen LogP contribution in [-0.2, 0) is 13.7 Å². The highest BCUT2D eigenvalue weighted by Crippen LogP contribution is 2.26. The van der Waals surface area contributed by atoms with E-state index in [2.05, 4.69) is 22.3 Å². The van der Waals surface area contributed by atoms with Crippen LogP contribution in [0.25, 0.3) is 0 Å². The molecule has 0 fully saturated rings. The maximum Gasteiger partial charge on any atom is 0.191 e. The van der Waals surface area contributed by atoms with E-state index >= 15 is 0 Å². The smallest absolute Gasteiger partial charge is 0.191 e. The van der Waals surface area contributed by atoms with Crippen molar-refractivity contribution in [3.63, 3.8) is 0 Å². The average Bonchev–Trinajstić information content (AvgIpc) is 2.69. The van der Waals surface area contributed by atoms with Crippen LogP contribution in [-0.4, -0.2) is 25.6 Å². The van der Waals surface area contributed by atoms with Crippen molar-refractivity contribution in [1.29, 1.82) is 0 Å². The second kappa shape index (κ2) is 6.95. The Kier molecular flexibility index (Phi) is 5.26. The normalized spacial score (nSPS) is 22.4. The molecule has 1 N–H and O–H groups in total. The minimum absolute atomic E-state index is 0.0434. The van der Waals surface area contributed by atoms with Crippen LogP contribution in [0, 0.1) is 5.92 Å². The van der Waals surface area contributed by atoms with E-state index in [-0.39, 0.29) is 6.61 Å². The fourth-order valence-corrected chi connectivity index (χ4v) is 3.32. The average molecular weight is 267 g/mol. The minimum Gasteiger partial charge on any atom is -0.388 e. The summed E-state index contributed by atoms with van der Waals surface area (Å²) in [4.78, 5) is 0. The molecule has 2 rings (SSSR count). The van der Waals surface area contributed by atoms with Gasteiger partial charge in [0, 0.05) is 12.8 Å². The molecule has 1 aromatic heterocycles. The van der Waals surface area contributed by atoms with Gasteiger partial charge in [-0.1, -0.05) is 23.9 Å². The number of aromatic nitrogens is 3. The lowest BCUT2D eigenvalue weighted by Gasteiger charge is -2.16. The lowest BCUT2D eigenvalue weighted by atomic mass is 9.96. The van der Waals surface area contributed by atoms with Crippen molar-refractivity contribution in [2.75, 3.05) is 5.75 Å². The van der Waals surface area contributed by atoms with Gasteiger partial charge in [-0.05, 0) is 38.0 Å². The first-order valence-corrected chi connectivity index (χ1v) is 7.56. The molecule has 18 heavy (non-hydrogen) atoms. The molecule has 1 heterocycles. The van der Waals surface area contributed by atoms with Crippen molar-refractivity contribution in [3.8, 4) is 0 Å². The number of nitrogens with zero attached hydrogens (tertiary/aromatic N) is 3. The number of hydrogen-bond acceptors (Lipinski definition) is 4. The summed E-state index contributed by atoms with van der Waals surface area (Å²) in [7, 11) is 1.91. The zero-order valence-corrected chi connectivity index (χ0v) is 11.7. The van der Waals surface area contributed by atoms with Gasteiger partial charge in [-0.3, -0.25) is 0 Å². The van der Waals surface area contributed by atoms with Gasteiger partial charge in [0.1, 0.15) is 6.61 Å². The molecule has 4 nitrogen and oxygen atoms in total. The number of rotatable bonds is 4. The van der Waals surface area contributed by atoms with Crippen molar-refractivity contribution in [3.05, 3.63) is 18.0 Å². The highest BCUT2D eigenvalue weighted by atomic mass is 32.2. The van der Waals surface area contributed by atoms with Crippen LogP contribution in [0.2, 0.25) is 0 Å². The molecule has 0 saturated heterocycles. The van der Waals surface area contributed by atoms with Gasteiger partial charge in [-0.2, -0.15) is 0 Å². The summed E-state index contributed by atoms with van der Waals surface area (Å²) in [5, 5.41) is 18.1. The Labute approximate surface area is 112 Å². The Balaban J connectivity index is 1.86. The summed E-state index contributed by atoms with van der Waals surface area (Å²) in [5.74, 6) is 2.51. The van der Waals surface area contributed by atoms with Gasteiger partial charge < -0.3 is 9.67 Å². The predicted molar refractivity (Wildman–Crippen MR) is 73.4 cm³/mol. The monoisotopic (exact) mass is 267 g/mol. The first kappa shape index (κ1) is 13.6. The molecule has 0 amide bonds. The van der Waals surface area contributed by atoms with E-state index < -0.39 is 0 Å². The molecule has 100 valence electrons. The van der Waals surface area contributed by atoms with Crippen LogP contribution in [0.1, 0.15) is 37.9 Å². The van der Waals surface area contributed by atoms with Gasteiger partial charge in [0.25, 0.3) is 0 Å². The second-order valence-corrected chi connectivity index (χ2v) is 5.76. The van der Waals surface area contributed by atoms with Gasteiger partial charge in [-0.25, -0.2) is 0 Å². The Hall–Kier alpha value is -0.810. The zero-order valence-electron chi connectivity index (χ0n) is 10.9. The summed E-state index contributed by atoms with van der Waals surface area (Å²) >= 11 is 1.76. The van der Waals surface area contributed by atoms with E-state index in [0.717, 1.165) is 16.8 Å². The second-order valence-electron chi connectivity index (χ2n) is 4.77. The summed E-state index contributed by atoms with van der Waals surface area (Å²) in [6, 6.07) is 0. The van der Waals surface area contributed by atoms with Crippen LogP contribution in [0.3, 0.4) is 0 Å². The van der Waals surface area contributed by atoms with Crippen molar-refractivity contribution < 1.29 is 5.11 Å². The molecule has 0 aromatic carbocycles. The first-order chi connectivity index (χ1) is 8.81. The van der Waals surface area contributed by atoms with Gasteiger partial charge in [0.05, 0.1) is 0 Å². The molecule has 1 aliphatic rings. The Morgan fingerprint density at radius 2 is 2.17 bits per heavy atom. The molecule has 0 spiro atoms. The Morgan fingerprint density at radius 3 is 2.94 bits per heavy atom. The predicted octanol–water partition coefficient (Wildman–Crippen LogP) is 2.54. The molecule has 0 bridgehead atoms. The molecule has 1 aliphatic carbocycles. The van der Waals surface area contributed by atoms with Gasteiger partial charge in [0.15, 0.2) is 11.0 Å². The quantitative estimate of drug-likeness (QED) is 0.673. The van der Waals surface area contributed by atoms with Crippen molar-refractivity contribution in [2.45, 2.75) is 43.9 Å². The number of thioether (sulfide) groups is 1. The van der Waals surface area contributed by atoms with Crippen LogP contribution >= 0.6 is 11.8 Å². The highest BCUT2D eigenvalue weighted by molar-refractivity contribution is 7.99. The maximum absolute atomic E-state index is 9.08. The lowest BCUT2D eigenvalue weighted by Crippen LogP contribution is -2.06. The molecule has 0 radical (unpaired) electrons. The molecular weight excluding hydrogens is 246 g/mol. The zero-order chi connectivity index (χ0) is 12.8. The third-order valence-electron chi connectivity index (χ3n) is 3.41. The van der Waals surface area contributed by atoms with Crippen molar-refractivity contribution >= 4 is 11.8 Å². The topological polar surface area (TPSA) is 50.9 Å². The lowest BCUT2D eigenvalue weighted by molar-refractivity contribution is 0.266. The van der Waals surface area contributed by atoms with Gasteiger partial charge in [-0.15, -0.1) is 10.2 Å². The van der Waals surface area contributed by atoms with Crippen LogP contribution in [0.15, 0.2) is 17.3 Å². The van der Waals surface area contributed by atoms with Crippen LogP contribution in [0.4, 0.5) is 0 Å². The fraction of sp³-hybridized carbons (Fsp3) is 0.692. The fourth-order valence-electron chi connectivity index (χ4n) is 2.20. The SMILES string of the molecule is Cn1c(CO)nnc1SCC1CC/C=C\CCC1. The molecule has 1 atom stereocenters. The van der Waals surface area contributed by atoms with Crippen molar-refractivity contribution in [1.82, 2.24) is 14.8 Å². The number of aliphatic hydroxyl groups is 1. The first-order valence-electron chi connectivity index (χ1n) is 6.58. The minimum atomic E-state index is -0.0434. The summed E-state index contributed by atoms with van der Waals surface area (Å²) < 4.78 is 1.88. The summed E-state index contributed by atoms with van der Waals surface area (Å²) in [6.45, 7) is -0.0434. The van der Waals surface area contributed by atoms with E-state index in [9.17, 15) is 0 Å². The summed E-state index contributed by atoms with van der Waals surface area (Å²) in [6.07, 6.45) is 10.9. The van der Waals surface area contributed by atoms with E-state index in [0.29, 0.717) is 5.82 Å². The molecule has 0 saturated carbocycles. The standard InChI is InChI=1S/C13H21N3OS/c1-16-12(9-17)14-15-13(16)18-10-11-7-5-3-2-4-6-8-11/h2-3,11,17H,4-10H2,1H3/b3-2-. The third-order valence-corrected chi connectivity index (χ3v) is 4.66. The third kappa shape index (κ3) is 3.59. The number of hydrogen-bond donors (Lipinski definition) is 1. The van der Waals surface area contributed by atoms with E-state index in [4.69, 9.17) is 5.11 Å². The van der Waals surface area contributed by atoms with E-state index in [1.165, 1.54) is 32.1 Å². The largest absolute Gasteiger partial charge is 0.388 e. The van der Waals surface area contributed by atoms with Crippen LogP contribution in [0.5, 0.6) is 0 Å². The number of aliphatic hydroxyl groups excluding tert-OH is 1. The number of allylic oxidation sites excluding steroid dienone is 2. The van der Waals surface area contributed by atoms with Gasteiger partial charge >= 0.3 is 0 Å². The van der Waals surface area contributed by atoms with Crippen molar-refractivity contribution in [2.24, 2.45) is 13.0 Å². The maximum atomic E-state index is 9.08. The molecule has 0 aliphatic heterocycles. The molecule has 1 unspecified atom stereocenters. The van der Waals surface area contributed by atoms with Gasteiger partial charge in [0.2, 0.25) is 0 Å². The molecule has 5 heteroatoms. The van der Waals surface area contributed by atoms with E-state index in [1.807, 2.05) is 11.6 Å². The summed E-state index contributed by atoms with van der Waals surface area (Å²) in [5.41, 5.74) is 0. The van der Waals surface area contributed by atoms with E-state index in [1.54, 1.807) is 11.8 Å².